The van der Waals surface area contributed by atoms with E-state index in [2.05, 4.69) is 24.4 Å². The van der Waals surface area contributed by atoms with Crippen molar-refractivity contribution in [1.29, 1.82) is 10.5 Å². The average molecular weight is 284 g/mol. The van der Waals surface area contributed by atoms with Gasteiger partial charge in [0.25, 0.3) is 0 Å². The van der Waals surface area contributed by atoms with Crippen molar-refractivity contribution in [1.82, 2.24) is 0 Å². The summed E-state index contributed by atoms with van der Waals surface area (Å²) in [5.74, 6) is 0. The molecule has 0 bridgehead atoms. The number of hydrogen-bond donors (Lipinski definition) is 1. The van der Waals surface area contributed by atoms with E-state index in [4.69, 9.17) is 20.0 Å². The van der Waals surface area contributed by atoms with Crippen molar-refractivity contribution in [2.45, 2.75) is 20.1 Å². The van der Waals surface area contributed by atoms with Gasteiger partial charge in [-0.05, 0) is 12.1 Å². The molecule has 0 amide bonds. The van der Waals surface area contributed by atoms with Crippen molar-refractivity contribution < 1.29 is 9.47 Å². The van der Waals surface area contributed by atoms with Crippen molar-refractivity contribution in [2.24, 2.45) is 10.5 Å². The molecule has 1 N–H and O–H groups in total. The van der Waals surface area contributed by atoms with Crippen molar-refractivity contribution >= 4 is 11.4 Å². The molecule has 1 aliphatic rings. The Morgan fingerprint density at radius 3 is 2.57 bits per heavy atom. The summed E-state index contributed by atoms with van der Waals surface area (Å²) in [5.41, 5.74) is 3.99. The summed E-state index contributed by atoms with van der Waals surface area (Å²) in [6.45, 7) is 5.42. The fraction of sp³-hybridized carbons (Fsp3) is 0.400. The van der Waals surface area contributed by atoms with E-state index < -0.39 is 6.29 Å². The van der Waals surface area contributed by atoms with Crippen LogP contribution in [0.15, 0.2) is 29.4 Å². The minimum absolute atomic E-state index is 0.0190. The van der Waals surface area contributed by atoms with Gasteiger partial charge in [-0.15, -0.1) is 0 Å². The number of nitrogens with one attached hydrogen (secondary N) is 1. The van der Waals surface area contributed by atoms with Crippen LogP contribution in [0.5, 0.6) is 0 Å². The molecule has 6 nitrogen and oxygen atoms in total. The Bertz CT molecular complexity index is 599. The highest BCUT2D eigenvalue weighted by Crippen LogP contribution is 2.31. The van der Waals surface area contributed by atoms with E-state index >= 15 is 0 Å². The summed E-state index contributed by atoms with van der Waals surface area (Å²) in [5, 5.41) is 21.0. The third-order valence-electron chi connectivity index (χ3n) is 2.92. The summed E-state index contributed by atoms with van der Waals surface area (Å²) in [6.07, 6.45) is -0.407. The number of ether oxygens (including phenoxy) is 2. The molecule has 0 aromatic heterocycles. The average Bonchev–Trinajstić information content (AvgIpc) is 2.48. The Kier molecular flexibility index (Phi) is 4.54. The van der Waals surface area contributed by atoms with Crippen molar-refractivity contribution in [3.05, 3.63) is 29.8 Å². The molecule has 1 heterocycles. The molecule has 0 atom stereocenters. The van der Waals surface area contributed by atoms with Crippen LogP contribution in [-0.4, -0.2) is 18.9 Å². The van der Waals surface area contributed by atoms with Gasteiger partial charge in [0.05, 0.1) is 18.9 Å². The molecule has 1 aliphatic heterocycles. The first-order valence-corrected chi connectivity index (χ1v) is 6.51. The van der Waals surface area contributed by atoms with Crippen LogP contribution in [0.3, 0.4) is 0 Å². The largest absolute Gasteiger partial charge is 0.348 e. The Morgan fingerprint density at radius 2 is 1.95 bits per heavy atom. The first-order chi connectivity index (χ1) is 10.0. The predicted molar refractivity (Wildman–Crippen MR) is 77.2 cm³/mol. The van der Waals surface area contributed by atoms with E-state index in [-0.39, 0.29) is 11.1 Å². The normalized spacial score (nSPS) is 17.3. The van der Waals surface area contributed by atoms with Crippen LogP contribution in [0, 0.1) is 28.1 Å². The Morgan fingerprint density at radius 1 is 1.29 bits per heavy atom. The zero-order valence-electron chi connectivity index (χ0n) is 12.0. The fourth-order valence-electron chi connectivity index (χ4n) is 1.84. The third kappa shape index (κ3) is 4.03. The minimum Gasteiger partial charge on any atom is -0.348 e. The third-order valence-corrected chi connectivity index (χ3v) is 2.92. The van der Waals surface area contributed by atoms with Gasteiger partial charge in [0.15, 0.2) is 6.29 Å². The number of nitrogens with zero attached hydrogens (tertiary/aromatic N) is 3. The van der Waals surface area contributed by atoms with Gasteiger partial charge in [0.2, 0.25) is 5.71 Å². The molecule has 1 aromatic rings. The van der Waals surface area contributed by atoms with E-state index in [0.717, 1.165) is 5.56 Å². The van der Waals surface area contributed by atoms with Crippen LogP contribution in [0.25, 0.3) is 0 Å². The maximum atomic E-state index is 8.63. The molecular formula is C15H16N4O2. The standard InChI is InChI=1S/C15H16N4O2/c1-15(2)9-20-14(21-10-15)11-4-3-5-12(6-11)18-19-13(7-16)8-17/h3-6,14,18H,9-10H2,1-2H3. The molecule has 1 fully saturated rings. The summed E-state index contributed by atoms with van der Waals surface area (Å²) < 4.78 is 11.4. The van der Waals surface area contributed by atoms with E-state index in [1.807, 2.05) is 18.2 Å². The highest BCUT2D eigenvalue weighted by Gasteiger charge is 2.29. The quantitative estimate of drug-likeness (QED) is 0.680. The van der Waals surface area contributed by atoms with Crippen LogP contribution < -0.4 is 5.43 Å². The van der Waals surface area contributed by atoms with Crippen LogP contribution in [0.4, 0.5) is 5.69 Å². The van der Waals surface area contributed by atoms with Crippen LogP contribution in [0.2, 0.25) is 0 Å². The summed E-state index contributed by atoms with van der Waals surface area (Å²) in [7, 11) is 0. The lowest BCUT2D eigenvalue weighted by molar-refractivity contribution is -0.226. The molecular weight excluding hydrogens is 268 g/mol. The zero-order valence-corrected chi connectivity index (χ0v) is 12.0. The maximum Gasteiger partial charge on any atom is 0.237 e. The van der Waals surface area contributed by atoms with Gasteiger partial charge in [-0.25, -0.2) is 0 Å². The second-order valence-electron chi connectivity index (χ2n) is 5.54. The van der Waals surface area contributed by atoms with Gasteiger partial charge in [-0.2, -0.15) is 15.6 Å². The number of anilines is 1. The summed E-state index contributed by atoms with van der Waals surface area (Å²) in [4.78, 5) is 0. The number of benzene rings is 1. The highest BCUT2D eigenvalue weighted by atomic mass is 16.7. The second kappa shape index (κ2) is 6.36. The van der Waals surface area contributed by atoms with E-state index in [1.165, 1.54) is 0 Å². The second-order valence-corrected chi connectivity index (χ2v) is 5.54. The van der Waals surface area contributed by atoms with E-state index in [1.54, 1.807) is 18.2 Å². The molecule has 0 unspecified atom stereocenters. The maximum absolute atomic E-state index is 8.63. The van der Waals surface area contributed by atoms with Crippen molar-refractivity contribution in [3.8, 4) is 12.1 Å². The first-order valence-electron chi connectivity index (χ1n) is 6.51. The molecule has 108 valence electrons. The van der Waals surface area contributed by atoms with Crippen molar-refractivity contribution in [2.75, 3.05) is 18.6 Å². The zero-order chi connectivity index (χ0) is 15.3. The van der Waals surface area contributed by atoms with Gasteiger partial charge in [-0.1, -0.05) is 26.0 Å². The molecule has 0 aliphatic carbocycles. The lowest BCUT2D eigenvalue weighted by atomic mass is 9.95. The molecule has 1 aromatic carbocycles. The molecule has 0 spiro atoms. The predicted octanol–water partition coefficient (Wildman–Crippen LogP) is 2.57. The van der Waals surface area contributed by atoms with Crippen molar-refractivity contribution in [3.63, 3.8) is 0 Å². The van der Waals surface area contributed by atoms with Gasteiger partial charge < -0.3 is 9.47 Å². The lowest BCUT2D eigenvalue weighted by Gasteiger charge is -2.34. The van der Waals surface area contributed by atoms with Crippen LogP contribution in [0.1, 0.15) is 25.7 Å². The Labute approximate surface area is 123 Å². The van der Waals surface area contributed by atoms with Crippen LogP contribution in [-0.2, 0) is 9.47 Å². The summed E-state index contributed by atoms with van der Waals surface area (Å²) >= 11 is 0. The Hall–Kier alpha value is -2.41. The molecule has 6 heteroatoms. The van der Waals surface area contributed by atoms with Gasteiger partial charge in [0.1, 0.15) is 12.1 Å². The SMILES string of the molecule is CC1(C)COC(c2cccc(NN=C(C#N)C#N)c2)OC1. The highest BCUT2D eigenvalue weighted by molar-refractivity contribution is 6.10. The fourth-order valence-corrected chi connectivity index (χ4v) is 1.84. The monoisotopic (exact) mass is 284 g/mol. The lowest BCUT2D eigenvalue weighted by Crippen LogP contribution is -2.33. The number of hydrazone groups is 1. The van der Waals surface area contributed by atoms with Crippen LogP contribution >= 0.6 is 0 Å². The molecule has 1 saturated heterocycles. The molecule has 0 radical (unpaired) electrons. The van der Waals surface area contributed by atoms with E-state index in [0.29, 0.717) is 18.9 Å². The summed E-state index contributed by atoms with van der Waals surface area (Å²) in [6, 6.07) is 10.7. The van der Waals surface area contributed by atoms with Gasteiger partial charge >= 0.3 is 0 Å². The molecule has 21 heavy (non-hydrogen) atoms. The Balaban J connectivity index is 2.07. The minimum atomic E-state index is -0.407. The van der Waals surface area contributed by atoms with Gasteiger partial charge in [-0.3, -0.25) is 5.43 Å². The topological polar surface area (TPSA) is 90.4 Å². The van der Waals surface area contributed by atoms with E-state index in [9.17, 15) is 0 Å². The number of hydrogen-bond acceptors (Lipinski definition) is 6. The molecule has 2 rings (SSSR count). The number of rotatable bonds is 3. The van der Waals surface area contributed by atoms with Gasteiger partial charge in [0, 0.05) is 11.0 Å². The molecule has 0 saturated carbocycles. The smallest absolute Gasteiger partial charge is 0.237 e. The number of nitriles is 2. The first kappa shape index (κ1) is 15.0.